The summed E-state index contributed by atoms with van der Waals surface area (Å²) in [7, 11) is 0. The van der Waals surface area contributed by atoms with Gasteiger partial charge in [-0.2, -0.15) is 0 Å². The van der Waals surface area contributed by atoms with Gasteiger partial charge in [0, 0.05) is 28.5 Å². The van der Waals surface area contributed by atoms with Crippen LogP contribution in [-0.2, 0) is 4.74 Å². The van der Waals surface area contributed by atoms with Crippen LogP contribution in [0.3, 0.4) is 0 Å². The molecule has 0 spiro atoms. The van der Waals surface area contributed by atoms with Crippen molar-refractivity contribution in [3.63, 3.8) is 0 Å². The lowest BCUT2D eigenvalue weighted by Gasteiger charge is -2.07. The van der Waals surface area contributed by atoms with E-state index in [1.807, 2.05) is 30.7 Å². The topological polar surface area (TPSA) is 70.4 Å². The van der Waals surface area contributed by atoms with Crippen LogP contribution in [-0.4, -0.2) is 34.5 Å². The summed E-state index contributed by atoms with van der Waals surface area (Å²) in [5.74, 6) is -0.0830. The summed E-state index contributed by atoms with van der Waals surface area (Å²) in [6.45, 7) is 6.11. The van der Waals surface area contributed by atoms with Crippen molar-refractivity contribution in [2.24, 2.45) is 0 Å². The van der Waals surface area contributed by atoms with Crippen LogP contribution < -0.4 is 4.74 Å². The molecule has 0 aliphatic carbocycles. The van der Waals surface area contributed by atoms with Crippen LogP contribution in [0.4, 0.5) is 0 Å². The molecule has 28 heavy (non-hydrogen) atoms. The predicted molar refractivity (Wildman–Crippen MR) is 108 cm³/mol. The molecular weight excluding hydrogens is 376 g/mol. The van der Waals surface area contributed by atoms with E-state index >= 15 is 0 Å². The number of rotatable bonds is 8. The zero-order chi connectivity index (χ0) is 20.1. The van der Waals surface area contributed by atoms with Crippen LogP contribution in [0.2, 0.25) is 0 Å². The van der Waals surface area contributed by atoms with E-state index in [0.717, 1.165) is 22.9 Å². The van der Waals surface area contributed by atoms with Crippen LogP contribution >= 0.6 is 11.3 Å². The van der Waals surface area contributed by atoms with E-state index in [4.69, 9.17) is 9.47 Å². The highest BCUT2D eigenvalue weighted by Gasteiger charge is 2.19. The second kappa shape index (κ2) is 8.84. The molecule has 0 amide bonds. The van der Waals surface area contributed by atoms with Crippen molar-refractivity contribution in [2.45, 2.75) is 27.2 Å². The fourth-order valence-electron chi connectivity index (χ4n) is 2.87. The second-order valence-corrected chi connectivity index (χ2v) is 7.18. The first-order valence-corrected chi connectivity index (χ1v) is 9.91. The molecule has 0 aliphatic heterocycles. The quantitative estimate of drug-likeness (QED) is 0.416. The molecule has 0 saturated heterocycles. The molecule has 1 aromatic carbocycles. The molecule has 3 rings (SSSR count). The average molecular weight is 398 g/mol. The standard InChI is InChI=1S/C21H22N2O4S/c1-4-10-26-17-7-5-16(6-8-17)20(25)27-13-19(24)18-12-14(2)23(15(18)3)21-22-9-11-28-21/h5-9,11-12H,4,10,13H2,1-3H3. The Labute approximate surface area is 167 Å². The highest BCUT2D eigenvalue weighted by atomic mass is 32.1. The van der Waals surface area contributed by atoms with Crippen LogP contribution in [0.1, 0.15) is 45.4 Å². The molecular formula is C21H22N2O4S. The van der Waals surface area contributed by atoms with E-state index in [2.05, 4.69) is 4.98 Å². The number of carbonyl (C=O) groups excluding carboxylic acids is 2. The Morgan fingerprint density at radius 1 is 1.18 bits per heavy atom. The highest BCUT2D eigenvalue weighted by molar-refractivity contribution is 7.12. The van der Waals surface area contributed by atoms with E-state index in [1.54, 1.807) is 36.5 Å². The third kappa shape index (κ3) is 4.31. The summed E-state index contributed by atoms with van der Waals surface area (Å²) in [4.78, 5) is 29.1. The lowest BCUT2D eigenvalue weighted by molar-refractivity contribution is 0.0474. The molecule has 2 heterocycles. The fraction of sp³-hybridized carbons (Fsp3) is 0.286. The monoisotopic (exact) mass is 398 g/mol. The molecule has 0 fully saturated rings. The van der Waals surface area contributed by atoms with Crippen LogP contribution in [0, 0.1) is 13.8 Å². The Bertz CT molecular complexity index is 959. The maximum atomic E-state index is 12.6. The normalized spacial score (nSPS) is 10.7. The number of Topliss-reactive ketones (excluding diaryl/α,β-unsaturated/α-hetero) is 1. The summed E-state index contributed by atoms with van der Waals surface area (Å²) in [5.41, 5.74) is 2.60. The zero-order valence-electron chi connectivity index (χ0n) is 16.1. The SMILES string of the molecule is CCCOc1ccc(C(=O)OCC(=O)c2cc(C)n(-c3nccs3)c2C)cc1. The van der Waals surface area contributed by atoms with Crippen LogP contribution in [0.25, 0.3) is 5.13 Å². The number of nitrogens with zero attached hydrogens (tertiary/aromatic N) is 2. The van der Waals surface area contributed by atoms with Gasteiger partial charge < -0.3 is 9.47 Å². The first-order chi connectivity index (χ1) is 13.5. The van der Waals surface area contributed by atoms with Crippen molar-refractivity contribution >= 4 is 23.1 Å². The molecule has 2 aromatic heterocycles. The fourth-order valence-corrected chi connectivity index (χ4v) is 3.62. The van der Waals surface area contributed by atoms with Gasteiger partial charge in [-0.3, -0.25) is 9.36 Å². The predicted octanol–water partition coefficient (Wildman–Crippen LogP) is 4.38. The number of aryl methyl sites for hydroxylation is 1. The van der Waals surface area contributed by atoms with Crippen molar-refractivity contribution in [3.8, 4) is 10.9 Å². The Morgan fingerprint density at radius 2 is 1.93 bits per heavy atom. The number of thiazole rings is 1. The molecule has 0 bridgehead atoms. The van der Waals surface area contributed by atoms with Crippen molar-refractivity contribution in [1.82, 2.24) is 9.55 Å². The van der Waals surface area contributed by atoms with E-state index in [1.165, 1.54) is 11.3 Å². The Morgan fingerprint density at radius 3 is 2.57 bits per heavy atom. The van der Waals surface area contributed by atoms with Gasteiger partial charge in [-0.1, -0.05) is 6.92 Å². The van der Waals surface area contributed by atoms with Gasteiger partial charge in [-0.05, 0) is 50.6 Å². The van der Waals surface area contributed by atoms with Gasteiger partial charge in [0.15, 0.2) is 11.7 Å². The third-order valence-electron chi connectivity index (χ3n) is 4.24. The van der Waals surface area contributed by atoms with Gasteiger partial charge in [-0.15, -0.1) is 11.3 Å². The molecule has 0 saturated carbocycles. The average Bonchev–Trinajstić information content (AvgIpc) is 3.32. The van der Waals surface area contributed by atoms with Gasteiger partial charge in [-0.25, -0.2) is 9.78 Å². The lowest BCUT2D eigenvalue weighted by atomic mass is 10.1. The number of ketones is 1. The van der Waals surface area contributed by atoms with E-state index in [-0.39, 0.29) is 12.4 Å². The zero-order valence-corrected chi connectivity index (χ0v) is 16.9. The van der Waals surface area contributed by atoms with Crippen LogP contribution in [0.5, 0.6) is 5.75 Å². The summed E-state index contributed by atoms with van der Waals surface area (Å²) in [6, 6.07) is 8.50. The van der Waals surface area contributed by atoms with E-state index in [9.17, 15) is 9.59 Å². The Balaban J connectivity index is 1.64. The Kier molecular flexibility index (Phi) is 6.26. The smallest absolute Gasteiger partial charge is 0.338 e. The number of ether oxygens (including phenoxy) is 2. The minimum absolute atomic E-state index is 0.243. The molecule has 0 atom stereocenters. The molecule has 7 heteroatoms. The van der Waals surface area contributed by atoms with Crippen molar-refractivity contribution in [3.05, 3.63) is 64.4 Å². The van der Waals surface area contributed by atoms with E-state index in [0.29, 0.717) is 23.5 Å². The number of carbonyl (C=O) groups is 2. The highest BCUT2D eigenvalue weighted by Crippen LogP contribution is 2.22. The minimum Gasteiger partial charge on any atom is -0.494 e. The molecule has 6 nitrogen and oxygen atoms in total. The number of esters is 1. The van der Waals surface area contributed by atoms with Gasteiger partial charge >= 0.3 is 5.97 Å². The van der Waals surface area contributed by atoms with Gasteiger partial charge in [0.25, 0.3) is 0 Å². The molecule has 0 unspecified atom stereocenters. The first kappa shape index (κ1) is 19.8. The minimum atomic E-state index is -0.538. The maximum Gasteiger partial charge on any atom is 0.338 e. The van der Waals surface area contributed by atoms with Gasteiger partial charge in [0.2, 0.25) is 5.78 Å². The molecule has 0 aliphatic rings. The molecule has 146 valence electrons. The Hall–Kier alpha value is -2.93. The number of benzene rings is 1. The van der Waals surface area contributed by atoms with Crippen molar-refractivity contribution < 1.29 is 19.1 Å². The first-order valence-electron chi connectivity index (χ1n) is 9.03. The van der Waals surface area contributed by atoms with Crippen molar-refractivity contribution in [2.75, 3.05) is 13.2 Å². The summed E-state index contributed by atoms with van der Waals surface area (Å²) in [5, 5.41) is 2.69. The number of hydrogen-bond acceptors (Lipinski definition) is 6. The molecule has 3 aromatic rings. The summed E-state index contributed by atoms with van der Waals surface area (Å²) in [6.07, 6.45) is 2.63. The van der Waals surface area contributed by atoms with Crippen molar-refractivity contribution in [1.29, 1.82) is 0 Å². The molecule has 0 N–H and O–H groups in total. The maximum absolute atomic E-state index is 12.6. The van der Waals surface area contributed by atoms with Gasteiger partial charge in [0.05, 0.1) is 12.2 Å². The van der Waals surface area contributed by atoms with Gasteiger partial charge in [0.1, 0.15) is 5.75 Å². The summed E-state index contributed by atoms with van der Waals surface area (Å²) < 4.78 is 12.6. The van der Waals surface area contributed by atoms with E-state index < -0.39 is 5.97 Å². The second-order valence-electron chi connectivity index (χ2n) is 6.31. The largest absolute Gasteiger partial charge is 0.494 e. The molecule has 0 radical (unpaired) electrons. The number of aromatic nitrogens is 2. The third-order valence-corrected chi connectivity index (χ3v) is 5.00. The van der Waals surface area contributed by atoms with Crippen LogP contribution in [0.15, 0.2) is 41.9 Å². The summed E-state index contributed by atoms with van der Waals surface area (Å²) >= 11 is 1.50. The lowest BCUT2D eigenvalue weighted by Crippen LogP contribution is -2.15. The number of hydrogen-bond donors (Lipinski definition) is 0.